The smallest absolute Gasteiger partial charge is 0.232 e. The van der Waals surface area contributed by atoms with Crippen molar-refractivity contribution in [3.63, 3.8) is 0 Å². The third kappa shape index (κ3) is 6.19. The van der Waals surface area contributed by atoms with Crippen LogP contribution >= 0.6 is 23.8 Å². The quantitative estimate of drug-likeness (QED) is 0.219. The molecular formula is C35H38ClN7S. The second kappa shape index (κ2) is 12.6. The molecule has 0 amide bonds. The van der Waals surface area contributed by atoms with Crippen molar-refractivity contribution >= 4 is 52.2 Å². The summed E-state index contributed by atoms with van der Waals surface area (Å²) in [6, 6.07) is 29.7. The normalized spacial score (nSPS) is 17.4. The highest BCUT2D eigenvalue weighted by Crippen LogP contribution is 2.41. The lowest BCUT2D eigenvalue weighted by molar-refractivity contribution is 0.435. The van der Waals surface area contributed by atoms with Crippen LogP contribution in [0.5, 0.6) is 0 Å². The molecule has 1 saturated heterocycles. The van der Waals surface area contributed by atoms with Crippen LogP contribution in [0.1, 0.15) is 42.4 Å². The Bertz CT molecular complexity index is 1590. The highest BCUT2D eigenvalue weighted by Gasteiger charge is 2.36. The zero-order valence-electron chi connectivity index (χ0n) is 24.9. The van der Waals surface area contributed by atoms with E-state index in [4.69, 9.17) is 33.8 Å². The van der Waals surface area contributed by atoms with Crippen molar-refractivity contribution in [2.24, 2.45) is 0 Å². The molecule has 1 aliphatic carbocycles. The number of aromatic nitrogens is 2. The van der Waals surface area contributed by atoms with Crippen LogP contribution < -0.4 is 25.3 Å². The summed E-state index contributed by atoms with van der Waals surface area (Å²) < 4.78 is 0. The highest BCUT2D eigenvalue weighted by molar-refractivity contribution is 7.80. The largest absolute Gasteiger partial charge is 0.368 e. The Balaban J connectivity index is 1.09. The molecule has 2 aliphatic heterocycles. The van der Waals surface area contributed by atoms with E-state index in [1.165, 1.54) is 35.2 Å². The molecule has 7 rings (SSSR count). The highest BCUT2D eigenvalue weighted by atomic mass is 35.5. The predicted octanol–water partition coefficient (Wildman–Crippen LogP) is 6.78. The number of nitrogens with one attached hydrogen (secondary N) is 2. The van der Waals surface area contributed by atoms with Gasteiger partial charge >= 0.3 is 0 Å². The number of nitrogens with zero attached hydrogens (tertiary/aromatic N) is 5. The van der Waals surface area contributed by atoms with Crippen LogP contribution in [0.3, 0.4) is 0 Å². The Labute approximate surface area is 270 Å². The Kier molecular flexibility index (Phi) is 8.28. The second-order valence-electron chi connectivity index (χ2n) is 12.1. The van der Waals surface area contributed by atoms with E-state index in [0.29, 0.717) is 11.1 Å². The van der Waals surface area contributed by atoms with Gasteiger partial charge in [0.05, 0.1) is 0 Å². The number of hydrogen-bond acceptors (Lipinski definition) is 6. The number of thiocarbonyl (C=S) groups is 1. The fourth-order valence-corrected chi connectivity index (χ4v) is 7.32. The SMILES string of the molecule is S=C(NCC1(c2cccc(Cl)c2)CCCC1)Nc1nc(N2CCN(c3ccccc3)CC2)cc(N2Cc3ccccc3C2)n1. The Morgan fingerprint density at radius 3 is 2.07 bits per heavy atom. The molecule has 7 nitrogen and oxygen atoms in total. The number of rotatable bonds is 7. The second-order valence-corrected chi connectivity index (χ2v) is 13.0. The van der Waals surface area contributed by atoms with Gasteiger partial charge in [-0.3, -0.25) is 0 Å². The summed E-state index contributed by atoms with van der Waals surface area (Å²) in [6.07, 6.45) is 4.64. The van der Waals surface area contributed by atoms with Crippen molar-refractivity contribution in [2.45, 2.75) is 44.2 Å². The predicted molar refractivity (Wildman–Crippen MR) is 185 cm³/mol. The zero-order valence-corrected chi connectivity index (χ0v) is 26.5. The molecule has 3 heterocycles. The lowest BCUT2D eigenvalue weighted by Gasteiger charge is -2.37. The molecule has 3 aliphatic rings. The maximum Gasteiger partial charge on any atom is 0.232 e. The third-order valence-corrected chi connectivity index (χ3v) is 9.88. The van der Waals surface area contributed by atoms with Crippen LogP contribution in [0.15, 0.2) is 84.9 Å². The van der Waals surface area contributed by atoms with E-state index < -0.39 is 0 Å². The van der Waals surface area contributed by atoms with Gasteiger partial charge in [-0.15, -0.1) is 0 Å². The van der Waals surface area contributed by atoms with Gasteiger partial charge in [-0.05, 0) is 66.0 Å². The summed E-state index contributed by atoms with van der Waals surface area (Å²) >= 11 is 12.2. The monoisotopic (exact) mass is 623 g/mol. The number of piperazine rings is 1. The van der Waals surface area contributed by atoms with Gasteiger partial charge in [-0.25, -0.2) is 0 Å². The molecule has 3 aromatic carbocycles. The third-order valence-electron chi connectivity index (χ3n) is 9.40. The van der Waals surface area contributed by atoms with Gasteiger partial charge in [-0.1, -0.05) is 79.0 Å². The molecular weight excluding hydrogens is 586 g/mol. The number of anilines is 4. The molecule has 1 saturated carbocycles. The van der Waals surface area contributed by atoms with Crippen molar-refractivity contribution in [1.29, 1.82) is 0 Å². The molecule has 0 atom stereocenters. The van der Waals surface area contributed by atoms with Crippen LogP contribution in [0.4, 0.5) is 23.3 Å². The lowest BCUT2D eigenvalue weighted by Crippen LogP contribution is -2.47. The molecule has 0 bridgehead atoms. The van der Waals surface area contributed by atoms with Crippen LogP contribution in [0.25, 0.3) is 0 Å². The first kappa shape index (κ1) is 28.9. The molecule has 4 aromatic rings. The van der Waals surface area contributed by atoms with E-state index in [-0.39, 0.29) is 5.41 Å². The van der Waals surface area contributed by atoms with Gasteiger partial charge in [0, 0.05) is 68.0 Å². The van der Waals surface area contributed by atoms with Gasteiger partial charge in [0.25, 0.3) is 0 Å². The van der Waals surface area contributed by atoms with Crippen molar-refractivity contribution in [3.05, 3.63) is 107 Å². The summed E-state index contributed by atoms with van der Waals surface area (Å²) in [7, 11) is 0. The summed E-state index contributed by atoms with van der Waals surface area (Å²) in [5, 5.41) is 8.20. The number of halogens is 1. The number of fused-ring (bicyclic) bond motifs is 1. The maximum atomic E-state index is 6.39. The van der Waals surface area contributed by atoms with Crippen LogP contribution in [0.2, 0.25) is 5.02 Å². The topological polar surface area (TPSA) is 59.6 Å². The molecule has 0 spiro atoms. The molecule has 2 N–H and O–H groups in total. The van der Waals surface area contributed by atoms with Gasteiger partial charge in [0.15, 0.2) is 5.11 Å². The standard InChI is InChI=1S/C35H38ClN7S/c36-29-12-8-11-28(21-29)35(15-6-7-16-35)25-37-34(44)40-33-38-31(42-19-17-41(18-20-42)30-13-2-1-3-14-30)22-32(39-33)43-23-26-9-4-5-10-27(26)24-43/h1-5,8-14,21-22H,6-7,15-20,23-25H2,(H2,37,38,39,40,44). The first-order chi connectivity index (χ1) is 21.5. The van der Waals surface area contributed by atoms with Crippen molar-refractivity contribution in [2.75, 3.05) is 52.7 Å². The van der Waals surface area contributed by atoms with Crippen LogP contribution in [0, 0.1) is 0 Å². The summed E-state index contributed by atoms with van der Waals surface area (Å²) in [5.74, 6) is 2.36. The lowest BCUT2D eigenvalue weighted by atomic mass is 9.79. The molecule has 2 fully saturated rings. The molecule has 9 heteroatoms. The summed E-state index contributed by atoms with van der Waals surface area (Å²) in [5.41, 5.74) is 5.26. The van der Waals surface area contributed by atoms with Crippen molar-refractivity contribution in [1.82, 2.24) is 15.3 Å². The van der Waals surface area contributed by atoms with E-state index in [1.54, 1.807) is 0 Å². The van der Waals surface area contributed by atoms with Gasteiger partial charge in [-0.2, -0.15) is 9.97 Å². The van der Waals surface area contributed by atoms with E-state index in [9.17, 15) is 0 Å². The van der Waals surface area contributed by atoms with Crippen molar-refractivity contribution in [3.8, 4) is 0 Å². The molecule has 44 heavy (non-hydrogen) atoms. The Hall–Kier alpha value is -3.88. The Morgan fingerprint density at radius 1 is 0.750 bits per heavy atom. The first-order valence-corrected chi connectivity index (χ1v) is 16.4. The van der Waals surface area contributed by atoms with Gasteiger partial charge in [0.2, 0.25) is 5.95 Å². The fraction of sp³-hybridized carbons (Fsp3) is 0.343. The zero-order chi connectivity index (χ0) is 29.9. The van der Waals surface area contributed by atoms with Gasteiger partial charge in [0.1, 0.15) is 11.6 Å². The minimum absolute atomic E-state index is 0.0181. The first-order valence-electron chi connectivity index (χ1n) is 15.6. The van der Waals surface area contributed by atoms with E-state index in [0.717, 1.165) is 75.3 Å². The Morgan fingerprint density at radius 2 is 1.39 bits per heavy atom. The molecule has 226 valence electrons. The van der Waals surface area contributed by atoms with Crippen molar-refractivity contribution < 1.29 is 0 Å². The molecule has 1 aromatic heterocycles. The maximum absolute atomic E-state index is 6.39. The summed E-state index contributed by atoms with van der Waals surface area (Å²) in [6.45, 7) is 6.05. The van der Waals surface area contributed by atoms with Crippen LogP contribution in [-0.4, -0.2) is 47.8 Å². The molecule has 0 radical (unpaired) electrons. The minimum atomic E-state index is 0.0181. The average Bonchev–Trinajstić information content (AvgIpc) is 3.73. The van der Waals surface area contributed by atoms with E-state index in [2.05, 4.69) is 98.1 Å². The fourth-order valence-electron chi connectivity index (χ4n) is 6.96. The number of para-hydroxylation sites is 1. The van der Waals surface area contributed by atoms with Gasteiger partial charge < -0.3 is 25.3 Å². The number of hydrogen-bond donors (Lipinski definition) is 2. The van der Waals surface area contributed by atoms with Crippen LogP contribution in [-0.2, 0) is 18.5 Å². The summed E-state index contributed by atoms with van der Waals surface area (Å²) in [4.78, 5) is 17.1. The number of benzene rings is 3. The van der Waals surface area contributed by atoms with E-state index in [1.807, 2.05) is 12.1 Å². The average molecular weight is 624 g/mol. The van der Waals surface area contributed by atoms with E-state index >= 15 is 0 Å². The minimum Gasteiger partial charge on any atom is -0.368 e. The molecule has 0 unspecified atom stereocenters.